The van der Waals surface area contributed by atoms with E-state index in [2.05, 4.69) is 0 Å². The van der Waals surface area contributed by atoms with Gasteiger partial charge in [0.15, 0.2) is 0 Å². The Bertz CT molecular complexity index is 1110. The van der Waals surface area contributed by atoms with Crippen LogP contribution in [0.15, 0.2) is 60.7 Å². The van der Waals surface area contributed by atoms with Crippen molar-refractivity contribution in [2.24, 2.45) is 0 Å². The van der Waals surface area contributed by atoms with Crippen molar-refractivity contribution in [1.29, 1.82) is 0 Å². The van der Waals surface area contributed by atoms with E-state index in [9.17, 15) is 19.0 Å². The minimum absolute atomic E-state index is 0.119. The molecular formula is C28H36NO10P. The van der Waals surface area contributed by atoms with E-state index in [1.807, 2.05) is 21.1 Å². The maximum Gasteiger partial charge on any atom is 0.330 e. The Morgan fingerprint density at radius 2 is 1.25 bits per heavy atom. The highest BCUT2D eigenvalue weighted by Gasteiger charge is 2.22. The highest BCUT2D eigenvalue weighted by atomic mass is 31.2. The van der Waals surface area contributed by atoms with Crippen LogP contribution in [0.5, 0.6) is 11.5 Å². The first-order chi connectivity index (χ1) is 18.9. The minimum atomic E-state index is -4.80. The van der Waals surface area contributed by atoms with Crippen LogP contribution in [0.2, 0.25) is 0 Å². The Balaban J connectivity index is 1.98. The largest absolute Gasteiger partial charge is 0.756 e. The summed E-state index contributed by atoms with van der Waals surface area (Å²) in [6, 6.07) is 13.9. The molecule has 2 aromatic carbocycles. The molecule has 40 heavy (non-hydrogen) atoms. The number of phosphoric ester groups is 1. The van der Waals surface area contributed by atoms with E-state index in [0.717, 1.165) is 11.1 Å². The maximum absolute atomic E-state index is 12.4. The van der Waals surface area contributed by atoms with E-state index < -0.39 is 39.1 Å². The number of rotatable bonds is 16. The number of methoxy groups -OCH3 is 2. The molecule has 2 rings (SSSR count). The first-order valence-corrected chi connectivity index (χ1v) is 13.8. The van der Waals surface area contributed by atoms with E-state index in [1.165, 1.54) is 24.3 Å². The zero-order chi connectivity index (χ0) is 29.6. The highest BCUT2D eigenvalue weighted by molar-refractivity contribution is 7.45. The van der Waals surface area contributed by atoms with Crippen LogP contribution >= 0.6 is 7.82 Å². The molecule has 12 heteroatoms. The molecule has 0 aliphatic heterocycles. The third-order valence-electron chi connectivity index (χ3n) is 5.17. The average Bonchev–Trinajstić information content (AvgIpc) is 2.91. The van der Waals surface area contributed by atoms with Crippen molar-refractivity contribution in [3.8, 4) is 11.5 Å². The summed E-state index contributed by atoms with van der Waals surface area (Å²) in [5.74, 6) is -0.165. The van der Waals surface area contributed by atoms with Crippen LogP contribution in [0.1, 0.15) is 11.1 Å². The van der Waals surface area contributed by atoms with Crippen LogP contribution in [0.4, 0.5) is 0 Å². The maximum atomic E-state index is 12.4. The molecule has 0 saturated heterocycles. The van der Waals surface area contributed by atoms with E-state index in [4.69, 9.17) is 28.0 Å². The van der Waals surface area contributed by atoms with Gasteiger partial charge in [-0.2, -0.15) is 0 Å². The lowest BCUT2D eigenvalue weighted by molar-refractivity contribution is -0.870. The Morgan fingerprint density at radius 1 is 0.825 bits per heavy atom. The van der Waals surface area contributed by atoms with Crippen molar-refractivity contribution in [1.82, 2.24) is 0 Å². The third kappa shape index (κ3) is 13.5. The van der Waals surface area contributed by atoms with Gasteiger partial charge in [0.1, 0.15) is 44.0 Å². The number of phosphoric acid groups is 1. The second-order valence-electron chi connectivity index (χ2n) is 9.49. The molecule has 1 unspecified atom stereocenters. The molecule has 218 valence electrons. The van der Waals surface area contributed by atoms with Gasteiger partial charge < -0.3 is 37.4 Å². The Kier molecular flexibility index (Phi) is 13.1. The Morgan fingerprint density at radius 3 is 1.62 bits per heavy atom. The first-order valence-electron chi connectivity index (χ1n) is 12.3. The fraction of sp³-hybridized carbons (Fsp3) is 0.357. The number of hydrogen-bond donors (Lipinski definition) is 0. The predicted molar refractivity (Wildman–Crippen MR) is 147 cm³/mol. The fourth-order valence-electron chi connectivity index (χ4n) is 2.95. The quantitative estimate of drug-likeness (QED) is 0.127. The fourth-order valence-corrected chi connectivity index (χ4v) is 3.81. The number of hydrogen-bond acceptors (Lipinski definition) is 10. The van der Waals surface area contributed by atoms with Crippen LogP contribution in [0.25, 0.3) is 12.2 Å². The van der Waals surface area contributed by atoms with E-state index in [0.29, 0.717) is 22.5 Å². The number of nitrogens with zero attached hydrogens (tertiary/aromatic N) is 1. The normalized spacial score (nSPS) is 13.4. The van der Waals surface area contributed by atoms with E-state index in [1.54, 1.807) is 62.8 Å². The number of carbonyl (C=O) groups excluding carboxylic acids is 2. The van der Waals surface area contributed by atoms with Crippen molar-refractivity contribution < 1.29 is 51.5 Å². The summed E-state index contributed by atoms with van der Waals surface area (Å²) in [4.78, 5) is 36.9. The van der Waals surface area contributed by atoms with Gasteiger partial charge in [0.25, 0.3) is 7.82 Å². The summed E-state index contributed by atoms with van der Waals surface area (Å²) in [6.45, 7) is -0.735. The lowest BCUT2D eigenvalue weighted by Gasteiger charge is -2.29. The van der Waals surface area contributed by atoms with Gasteiger partial charge >= 0.3 is 11.9 Å². The summed E-state index contributed by atoms with van der Waals surface area (Å²) < 4.78 is 43.3. The van der Waals surface area contributed by atoms with Crippen LogP contribution in [-0.4, -0.2) is 84.3 Å². The van der Waals surface area contributed by atoms with Gasteiger partial charge in [-0.1, -0.05) is 24.3 Å². The second kappa shape index (κ2) is 16.0. The number of esters is 2. The van der Waals surface area contributed by atoms with E-state index >= 15 is 0 Å². The second-order valence-corrected chi connectivity index (χ2v) is 10.9. The summed E-state index contributed by atoms with van der Waals surface area (Å²) in [7, 11) is 3.92. The zero-order valence-corrected chi connectivity index (χ0v) is 24.2. The van der Waals surface area contributed by atoms with Crippen LogP contribution in [-0.2, 0) is 32.7 Å². The minimum Gasteiger partial charge on any atom is -0.756 e. The molecule has 1 atom stereocenters. The van der Waals surface area contributed by atoms with Gasteiger partial charge in [-0.15, -0.1) is 0 Å². The van der Waals surface area contributed by atoms with Crippen LogP contribution in [0.3, 0.4) is 0 Å². The van der Waals surface area contributed by atoms with Gasteiger partial charge in [0, 0.05) is 12.2 Å². The molecule has 11 nitrogen and oxygen atoms in total. The topological polar surface area (TPSA) is 130 Å². The predicted octanol–water partition coefficient (Wildman–Crippen LogP) is 3.09. The molecular weight excluding hydrogens is 541 g/mol. The molecule has 0 bridgehead atoms. The molecule has 0 aliphatic rings. The van der Waals surface area contributed by atoms with Crippen LogP contribution in [0, 0.1) is 0 Å². The van der Waals surface area contributed by atoms with Gasteiger partial charge in [0.2, 0.25) is 0 Å². The average molecular weight is 578 g/mol. The Labute approximate surface area is 234 Å². The van der Waals surface area contributed by atoms with Crippen molar-refractivity contribution in [3.05, 3.63) is 71.8 Å². The molecule has 0 saturated carbocycles. The van der Waals surface area contributed by atoms with Crippen molar-refractivity contribution in [3.63, 3.8) is 0 Å². The molecule has 0 fully saturated rings. The number of carbonyl (C=O) groups is 2. The SMILES string of the molecule is COc1ccc(/C=C/C(=O)OCC(COC(=O)/C=C/c2ccc(OC)cc2)OP(=O)([O-])OCC[N+](C)(C)C)cc1. The highest BCUT2D eigenvalue weighted by Crippen LogP contribution is 2.40. The summed E-state index contributed by atoms with van der Waals surface area (Å²) in [6.07, 6.45) is 4.07. The molecule has 0 heterocycles. The first kappa shape index (κ1) is 32.7. The van der Waals surface area contributed by atoms with E-state index in [-0.39, 0.29) is 6.61 Å². The summed E-state index contributed by atoms with van der Waals surface area (Å²) in [5, 5.41) is 0. The van der Waals surface area contributed by atoms with Crippen molar-refractivity contribution >= 4 is 31.9 Å². The van der Waals surface area contributed by atoms with Gasteiger partial charge in [-0.05, 0) is 47.5 Å². The molecule has 0 amide bonds. The van der Waals surface area contributed by atoms with Gasteiger partial charge in [-0.25, -0.2) is 9.59 Å². The van der Waals surface area contributed by atoms with Crippen LogP contribution < -0.4 is 14.4 Å². The van der Waals surface area contributed by atoms with Crippen molar-refractivity contribution in [2.45, 2.75) is 6.10 Å². The number of quaternary nitrogens is 1. The summed E-state index contributed by atoms with van der Waals surface area (Å²) in [5.41, 5.74) is 1.44. The molecule has 2 aromatic rings. The molecule has 0 aromatic heterocycles. The van der Waals surface area contributed by atoms with Gasteiger partial charge in [-0.3, -0.25) is 4.57 Å². The third-order valence-corrected chi connectivity index (χ3v) is 6.22. The smallest absolute Gasteiger partial charge is 0.330 e. The molecule has 0 radical (unpaired) electrons. The summed E-state index contributed by atoms with van der Waals surface area (Å²) >= 11 is 0. The monoisotopic (exact) mass is 577 g/mol. The Hall–Kier alpha value is -3.47. The molecule has 0 N–H and O–H groups in total. The lowest BCUT2D eigenvalue weighted by Crippen LogP contribution is -2.38. The standard InChI is InChI=1S/C28H36NO10P/c1-29(2,3)18-19-38-40(32,33)39-26(20-36-27(30)16-10-22-6-12-24(34-4)13-7-22)21-37-28(31)17-11-23-8-14-25(35-5)15-9-23/h6-17,26H,18-21H2,1-5H3/b16-10+,17-11+. The zero-order valence-electron chi connectivity index (χ0n) is 23.3. The molecule has 0 aliphatic carbocycles. The molecule has 0 spiro atoms. The van der Waals surface area contributed by atoms with Gasteiger partial charge in [0.05, 0.1) is 35.4 Å². The number of benzene rings is 2. The number of likely N-dealkylation sites (N-methyl/N-ethyl adjacent to an activating group) is 1. The lowest BCUT2D eigenvalue weighted by atomic mass is 10.2. The van der Waals surface area contributed by atoms with Crippen molar-refractivity contribution in [2.75, 3.05) is 61.7 Å². The number of ether oxygens (including phenoxy) is 4.